The molecule has 1 N–H and O–H groups in total. The first kappa shape index (κ1) is 24.2. The molecule has 36 heavy (non-hydrogen) atoms. The Kier molecular flexibility index (Phi) is 7.43. The third-order valence-corrected chi connectivity index (χ3v) is 6.90. The molecule has 5 rings (SSSR count). The minimum absolute atomic E-state index is 0.352. The van der Waals surface area contributed by atoms with E-state index in [1.54, 1.807) is 24.5 Å². The average Bonchev–Trinajstić information content (AvgIpc) is 2.85. The molecule has 1 aliphatic carbocycles. The van der Waals surface area contributed by atoms with Crippen LogP contribution in [0.4, 0.5) is 10.1 Å². The lowest BCUT2D eigenvalue weighted by atomic mass is 9.88. The van der Waals surface area contributed by atoms with Crippen LogP contribution in [0.2, 0.25) is 5.02 Å². The highest BCUT2D eigenvalue weighted by Crippen LogP contribution is 2.34. The van der Waals surface area contributed by atoms with Gasteiger partial charge in [-0.05, 0) is 67.1 Å². The van der Waals surface area contributed by atoms with Crippen LogP contribution in [0.15, 0.2) is 90.4 Å². The summed E-state index contributed by atoms with van der Waals surface area (Å²) in [6.07, 6.45) is 9.96. The lowest BCUT2D eigenvalue weighted by Crippen LogP contribution is -2.11. The maximum atomic E-state index is 14.6. The third-order valence-electron chi connectivity index (χ3n) is 6.66. The van der Waals surface area contributed by atoms with E-state index in [0.717, 1.165) is 43.4 Å². The van der Waals surface area contributed by atoms with Crippen LogP contribution in [0.1, 0.15) is 43.7 Å². The molecule has 1 saturated carbocycles. The zero-order valence-electron chi connectivity index (χ0n) is 20.4. The van der Waals surface area contributed by atoms with Crippen molar-refractivity contribution in [1.82, 2.24) is 9.97 Å². The molecule has 0 atom stereocenters. The minimum atomic E-state index is -0.415. The van der Waals surface area contributed by atoms with Gasteiger partial charge in [-0.3, -0.25) is 9.97 Å². The van der Waals surface area contributed by atoms with Crippen molar-refractivity contribution in [1.29, 1.82) is 0 Å². The maximum absolute atomic E-state index is 14.6. The summed E-state index contributed by atoms with van der Waals surface area (Å²) in [6.45, 7) is 2.21. The van der Waals surface area contributed by atoms with E-state index in [0.29, 0.717) is 22.0 Å². The van der Waals surface area contributed by atoms with E-state index in [-0.39, 0.29) is 0 Å². The van der Waals surface area contributed by atoms with Gasteiger partial charge in [0.1, 0.15) is 5.82 Å². The van der Waals surface area contributed by atoms with Crippen molar-refractivity contribution in [2.45, 2.75) is 45.4 Å². The van der Waals surface area contributed by atoms with E-state index in [1.165, 1.54) is 34.9 Å². The molecular weight excluding hydrogens is 469 g/mol. The van der Waals surface area contributed by atoms with Gasteiger partial charge in [-0.15, -0.1) is 0 Å². The second kappa shape index (κ2) is 11.0. The van der Waals surface area contributed by atoms with E-state index in [9.17, 15) is 4.39 Å². The van der Waals surface area contributed by atoms with Crippen LogP contribution in [0.5, 0.6) is 0 Å². The Balaban J connectivity index is 1.37. The summed E-state index contributed by atoms with van der Waals surface area (Å²) < 4.78 is 14.6. The number of benzene rings is 3. The first-order chi connectivity index (χ1) is 17.6. The van der Waals surface area contributed by atoms with Gasteiger partial charge in [-0.25, -0.2) is 4.39 Å². The SMILES string of the molecule is CCCc1ccc(CC(Nc2ccc(-c3nccnc3-c3ccc(Cl)cc3F)cc2)=C2CCC2)cc1. The zero-order valence-corrected chi connectivity index (χ0v) is 21.2. The topological polar surface area (TPSA) is 37.8 Å². The summed E-state index contributed by atoms with van der Waals surface area (Å²) in [5.74, 6) is -0.415. The van der Waals surface area contributed by atoms with Gasteiger partial charge in [0.15, 0.2) is 0 Å². The number of anilines is 1. The van der Waals surface area contributed by atoms with E-state index >= 15 is 0 Å². The maximum Gasteiger partial charge on any atom is 0.134 e. The van der Waals surface area contributed by atoms with Crippen molar-refractivity contribution in [3.05, 3.63) is 112 Å². The van der Waals surface area contributed by atoms with Crippen LogP contribution in [-0.2, 0) is 12.8 Å². The Labute approximate surface area is 217 Å². The molecule has 0 bridgehead atoms. The van der Waals surface area contributed by atoms with Crippen molar-refractivity contribution in [3.8, 4) is 22.5 Å². The quantitative estimate of drug-likeness (QED) is 0.264. The number of aryl methyl sites for hydroxylation is 1. The van der Waals surface area contributed by atoms with Gasteiger partial charge in [-0.2, -0.15) is 0 Å². The molecule has 1 aromatic heterocycles. The molecular formula is C31H29ClFN3. The molecule has 0 radical (unpaired) electrons. The van der Waals surface area contributed by atoms with Gasteiger partial charge >= 0.3 is 0 Å². The van der Waals surface area contributed by atoms with Gasteiger partial charge in [-0.1, -0.05) is 66.9 Å². The van der Waals surface area contributed by atoms with Crippen molar-refractivity contribution >= 4 is 17.3 Å². The van der Waals surface area contributed by atoms with Crippen LogP contribution in [-0.4, -0.2) is 9.97 Å². The van der Waals surface area contributed by atoms with Crippen molar-refractivity contribution in [2.75, 3.05) is 5.32 Å². The normalized spacial score (nSPS) is 12.8. The highest BCUT2D eigenvalue weighted by atomic mass is 35.5. The zero-order chi connectivity index (χ0) is 24.9. The Morgan fingerprint density at radius 1 is 0.889 bits per heavy atom. The minimum Gasteiger partial charge on any atom is -0.359 e. The average molecular weight is 498 g/mol. The van der Waals surface area contributed by atoms with Crippen LogP contribution < -0.4 is 5.32 Å². The van der Waals surface area contributed by atoms with Crippen LogP contribution in [0.25, 0.3) is 22.5 Å². The van der Waals surface area contributed by atoms with Crippen LogP contribution in [0, 0.1) is 5.82 Å². The van der Waals surface area contributed by atoms with E-state index in [1.807, 2.05) is 12.1 Å². The number of hydrogen-bond acceptors (Lipinski definition) is 3. The number of allylic oxidation sites excluding steroid dienone is 2. The standard InChI is InChI=1S/C31H29ClFN3/c1-2-4-21-7-9-22(10-8-21)19-29(23-5-3-6-23)36-26-14-11-24(12-15-26)30-31(35-18-17-34-30)27-16-13-25(32)20-28(27)33/h7-18,20,36H,2-6,19H2,1H3. The number of rotatable bonds is 8. The summed E-state index contributed by atoms with van der Waals surface area (Å²) in [6, 6.07) is 21.7. The summed E-state index contributed by atoms with van der Waals surface area (Å²) in [5, 5.41) is 4.03. The first-order valence-electron chi connectivity index (χ1n) is 12.5. The number of nitrogens with one attached hydrogen (secondary N) is 1. The van der Waals surface area contributed by atoms with Gasteiger partial charge in [0.25, 0.3) is 0 Å². The highest BCUT2D eigenvalue weighted by Gasteiger charge is 2.17. The van der Waals surface area contributed by atoms with E-state index < -0.39 is 5.82 Å². The van der Waals surface area contributed by atoms with Gasteiger partial charge in [0.2, 0.25) is 0 Å². The summed E-state index contributed by atoms with van der Waals surface area (Å²) >= 11 is 5.94. The van der Waals surface area contributed by atoms with Crippen molar-refractivity contribution in [3.63, 3.8) is 0 Å². The number of aromatic nitrogens is 2. The molecule has 0 amide bonds. The van der Waals surface area contributed by atoms with E-state index in [2.05, 4.69) is 58.6 Å². The molecule has 1 fully saturated rings. The lowest BCUT2D eigenvalue weighted by Gasteiger charge is -2.24. The van der Waals surface area contributed by atoms with Crippen LogP contribution in [0.3, 0.4) is 0 Å². The Morgan fingerprint density at radius 2 is 1.58 bits per heavy atom. The molecule has 4 aromatic rings. The molecule has 0 spiro atoms. The Morgan fingerprint density at radius 3 is 2.22 bits per heavy atom. The summed E-state index contributed by atoms with van der Waals surface area (Å²) in [4.78, 5) is 8.94. The molecule has 5 heteroatoms. The summed E-state index contributed by atoms with van der Waals surface area (Å²) in [5.41, 5.74) is 8.93. The fraction of sp³-hybridized carbons (Fsp3) is 0.226. The second-order valence-electron chi connectivity index (χ2n) is 9.26. The molecule has 0 aliphatic heterocycles. The molecule has 0 unspecified atom stereocenters. The first-order valence-corrected chi connectivity index (χ1v) is 12.9. The molecule has 1 aliphatic rings. The molecule has 182 valence electrons. The van der Waals surface area contributed by atoms with Crippen molar-refractivity contribution in [2.24, 2.45) is 0 Å². The van der Waals surface area contributed by atoms with Gasteiger partial charge < -0.3 is 5.32 Å². The fourth-order valence-corrected chi connectivity index (χ4v) is 4.70. The lowest BCUT2D eigenvalue weighted by molar-refractivity contribution is 0.631. The predicted octanol–water partition coefficient (Wildman–Crippen LogP) is 8.65. The molecule has 3 nitrogen and oxygen atoms in total. The monoisotopic (exact) mass is 497 g/mol. The molecule has 1 heterocycles. The fourth-order valence-electron chi connectivity index (χ4n) is 4.54. The predicted molar refractivity (Wildman–Crippen MR) is 147 cm³/mol. The largest absolute Gasteiger partial charge is 0.359 e. The highest BCUT2D eigenvalue weighted by molar-refractivity contribution is 6.30. The number of hydrogen-bond donors (Lipinski definition) is 1. The van der Waals surface area contributed by atoms with Crippen LogP contribution >= 0.6 is 11.6 Å². The second-order valence-corrected chi connectivity index (χ2v) is 9.70. The molecule has 0 saturated heterocycles. The van der Waals surface area contributed by atoms with Gasteiger partial charge in [0.05, 0.1) is 11.4 Å². The van der Waals surface area contributed by atoms with Crippen molar-refractivity contribution < 1.29 is 4.39 Å². The smallest absolute Gasteiger partial charge is 0.134 e. The third kappa shape index (κ3) is 5.50. The van der Waals surface area contributed by atoms with E-state index in [4.69, 9.17) is 11.6 Å². The number of halogens is 2. The Hall–Kier alpha value is -3.50. The van der Waals surface area contributed by atoms with Gasteiger partial charge in [0, 0.05) is 46.3 Å². The number of nitrogens with zero attached hydrogens (tertiary/aromatic N) is 2. The summed E-state index contributed by atoms with van der Waals surface area (Å²) in [7, 11) is 0. The molecule has 3 aromatic carbocycles. The Bertz CT molecular complexity index is 1370.